The Morgan fingerprint density at radius 1 is 1.04 bits per heavy atom. The quantitative estimate of drug-likeness (QED) is 0.842. The van der Waals surface area contributed by atoms with Crippen molar-refractivity contribution in [2.75, 3.05) is 13.7 Å². The molecule has 0 radical (unpaired) electrons. The lowest BCUT2D eigenvalue weighted by molar-refractivity contribution is 0.0508. The lowest BCUT2D eigenvalue weighted by Gasteiger charge is -2.27. The van der Waals surface area contributed by atoms with Crippen molar-refractivity contribution in [3.05, 3.63) is 71.8 Å². The van der Waals surface area contributed by atoms with Crippen LogP contribution >= 0.6 is 0 Å². The molecule has 0 unspecified atom stereocenters. The number of likely N-dealkylation sites (tertiary alicyclic amines) is 1. The summed E-state index contributed by atoms with van der Waals surface area (Å²) in [5, 5.41) is 0. The molecule has 4 nitrogen and oxygen atoms in total. The van der Waals surface area contributed by atoms with Crippen LogP contribution in [0.15, 0.2) is 60.7 Å². The maximum absolute atomic E-state index is 12.5. The van der Waals surface area contributed by atoms with E-state index in [0.717, 1.165) is 18.4 Å². The second kappa shape index (κ2) is 7.97. The molecule has 1 heterocycles. The molecule has 4 heteroatoms. The van der Waals surface area contributed by atoms with E-state index in [1.165, 1.54) is 5.56 Å². The minimum absolute atomic E-state index is 0.0145. The van der Waals surface area contributed by atoms with Crippen molar-refractivity contribution in [1.29, 1.82) is 0 Å². The molecule has 2 aromatic rings. The van der Waals surface area contributed by atoms with E-state index in [2.05, 4.69) is 12.1 Å². The van der Waals surface area contributed by atoms with E-state index in [4.69, 9.17) is 9.47 Å². The Bertz CT molecular complexity index is 644. The maximum Gasteiger partial charge on any atom is 0.410 e. The van der Waals surface area contributed by atoms with E-state index in [-0.39, 0.29) is 18.2 Å². The van der Waals surface area contributed by atoms with E-state index in [1.807, 2.05) is 53.4 Å². The molecule has 24 heavy (non-hydrogen) atoms. The van der Waals surface area contributed by atoms with Gasteiger partial charge in [0.15, 0.2) is 0 Å². The summed E-state index contributed by atoms with van der Waals surface area (Å²) in [5.74, 6) is 0. The average Bonchev–Trinajstić information content (AvgIpc) is 3.04. The summed E-state index contributed by atoms with van der Waals surface area (Å²) in [4.78, 5) is 14.3. The van der Waals surface area contributed by atoms with E-state index in [0.29, 0.717) is 13.2 Å². The normalized spacial score (nSPS) is 20.1. The Balaban J connectivity index is 1.64. The Morgan fingerprint density at radius 2 is 1.67 bits per heavy atom. The third-order valence-electron chi connectivity index (χ3n) is 4.51. The highest BCUT2D eigenvalue weighted by atomic mass is 16.6. The fraction of sp³-hybridized carbons (Fsp3) is 0.350. The molecular weight excluding hydrogens is 302 g/mol. The number of carbonyl (C=O) groups is 1. The van der Waals surface area contributed by atoms with Gasteiger partial charge in [-0.15, -0.1) is 0 Å². The molecule has 1 aliphatic rings. The number of rotatable bonds is 5. The molecule has 0 spiro atoms. The highest BCUT2D eigenvalue weighted by Crippen LogP contribution is 2.25. The predicted octanol–water partition coefficient (Wildman–Crippen LogP) is 3.66. The lowest BCUT2D eigenvalue weighted by atomic mass is 10.0. The zero-order valence-corrected chi connectivity index (χ0v) is 13.9. The van der Waals surface area contributed by atoms with E-state index in [1.54, 1.807) is 7.11 Å². The lowest BCUT2D eigenvalue weighted by Crippen LogP contribution is -2.41. The highest BCUT2D eigenvalue weighted by Gasteiger charge is 2.38. The van der Waals surface area contributed by atoms with Crippen molar-refractivity contribution in [3.8, 4) is 0 Å². The molecule has 0 aliphatic carbocycles. The van der Waals surface area contributed by atoms with Gasteiger partial charge in [0.2, 0.25) is 0 Å². The first-order valence-corrected chi connectivity index (χ1v) is 8.32. The average molecular weight is 325 g/mol. The van der Waals surface area contributed by atoms with Gasteiger partial charge in [0.05, 0.1) is 12.1 Å². The van der Waals surface area contributed by atoms with Gasteiger partial charge in [-0.1, -0.05) is 60.7 Å². The Labute approximate surface area is 143 Å². The van der Waals surface area contributed by atoms with Gasteiger partial charge >= 0.3 is 6.09 Å². The van der Waals surface area contributed by atoms with Gasteiger partial charge in [0.1, 0.15) is 6.61 Å². The van der Waals surface area contributed by atoms with Crippen LogP contribution in [-0.4, -0.2) is 36.8 Å². The van der Waals surface area contributed by atoms with Crippen LogP contribution in [0.5, 0.6) is 0 Å². The molecule has 1 fully saturated rings. The van der Waals surface area contributed by atoms with Gasteiger partial charge in [-0.05, 0) is 24.0 Å². The van der Waals surface area contributed by atoms with Crippen molar-refractivity contribution in [2.45, 2.75) is 31.6 Å². The number of hydrogen-bond acceptors (Lipinski definition) is 3. The second-order valence-electron chi connectivity index (χ2n) is 6.05. The van der Waals surface area contributed by atoms with Crippen LogP contribution < -0.4 is 0 Å². The number of ether oxygens (including phenoxy) is 2. The third-order valence-corrected chi connectivity index (χ3v) is 4.51. The molecule has 2 atom stereocenters. The molecule has 0 N–H and O–H groups in total. The van der Waals surface area contributed by atoms with Crippen molar-refractivity contribution in [1.82, 2.24) is 4.90 Å². The van der Waals surface area contributed by atoms with Gasteiger partial charge < -0.3 is 14.4 Å². The van der Waals surface area contributed by atoms with Crippen molar-refractivity contribution in [3.63, 3.8) is 0 Å². The number of nitrogens with zero attached hydrogens (tertiary/aromatic N) is 1. The summed E-state index contributed by atoms with van der Waals surface area (Å²) in [7, 11) is 1.71. The maximum atomic E-state index is 12.5. The van der Waals surface area contributed by atoms with E-state index >= 15 is 0 Å². The smallest absolute Gasteiger partial charge is 0.410 e. The van der Waals surface area contributed by atoms with Crippen molar-refractivity contribution < 1.29 is 14.3 Å². The monoisotopic (exact) mass is 325 g/mol. The number of methoxy groups -OCH3 is 1. The summed E-state index contributed by atoms with van der Waals surface area (Å²) >= 11 is 0. The fourth-order valence-corrected chi connectivity index (χ4v) is 3.23. The predicted molar refractivity (Wildman–Crippen MR) is 92.7 cm³/mol. The number of amides is 1. The molecule has 1 amide bonds. The van der Waals surface area contributed by atoms with Crippen LogP contribution in [0.3, 0.4) is 0 Å². The summed E-state index contributed by atoms with van der Waals surface area (Å²) in [5.41, 5.74) is 2.19. The van der Waals surface area contributed by atoms with Crippen LogP contribution in [0.4, 0.5) is 4.79 Å². The first kappa shape index (κ1) is 16.5. The molecule has 0 aromatic heterocycles. The number of hydrogen-bond donors (Lipinski definition) is 0. The van der Waals surface area contributed by atoms with Crippen LogP contribution in [0, 0.1) is 0 Å². The SMILES string of the molecule is CO[C@@H]1CCN(C(=O)OCc2ccccc2)[C@H]1Cc1ccccc1. The summed E-state index contributed by atoms with van der Waals surface area (Å²) in [6, 6.07) is 20.0. The second-order valence-corrected chi connectivity index (χ2v) is 6.05. The minimum atomic E-state index is -0.265. The fourth-order valence-electron chi connectivity index (χ4n) is 3.23. The first-order valence-electron chi connectivity index (χ1n) is 8.32. The molecule has 2 aromatic carbocycles. The molecule has 0 saturated carbocycles. The zero-order valence-electron chi connectivity index (χ0n) is 13.9. The Kier molecular flexibility index (Phi) is 5.49. The Morgan fingerprint density at radius 3 is 2.29 bits per heavy atom. The zero-order chi connectivity index (χ0) is 16.8. The van der Waals surface area contributed by atoms with Gasteiger partial charge in [-0.3, -0.25) is 0 Å². The highest BCUT2D eigenvalue weighted by molar-refractivity contribution is 5.68. The van der Waals surface area contributed by atoms with Gasteiger partial charge in [0.25, 0.3) is 0 Å². The number of carbonyl (C=O) groups excluding carboxylic acids is 1. The number of benzene rings is 2. The van der Waals surface area contributed by atoms with Gasteiger partial charge in [-0.25, -0.2) is 4.79 Å². The van der Waals surface area contributed by atoms with Crippen LogP contribution in [-0.2, 0) is 22.5 Å². The van der Waals surface area contributed by atoms with Crippen LogP contribution in [0.25, 0.3) is 0 Å². The molecule has 126 valence electrons. The Hall–Kier alpha value is -2.33. The summed E-state index contributed by atoms with van der Waals surface area (Å²) < 4.78 is 11.1. The molecule has 1 saturated heterocycles. The first-order chi connectivity index (χ1) is 11.8. The van der Waals surface area contributed by atoms with Gasteiger partial charge in [-0.2, -0.15) is 0 Å². The van der Waals surface area contributed by atoms with Crippen LogP contribution in [0.1, 0.15) is 17.5 Å². The van der Waals surface area contributed by atoms with Crippen LogP contribution in [0.2, 0.25) is 0 Å². The van der Waals surface area contributed by atoms with Crippen molar-refractivity contribution in [2.24, 2.45) is 0 Å². The van der Waals surface area contributed by atoms with E-state index in [9.17, 15) is 4.79 Å². The summed E-state index contributed by atoms with van der Waals surface area (Å²) in [6.07, 6.45) is 1.41. The molecule has 3 rings (SSSR count). The van der Waals surface area contributed by atoms with Gasteiger partial charge in [0, 0.05) is 13.7 Å². The summed E-state index contributed by atoms with van der Waals surface area (Å²) in [6.45, 7) is 0.968. The third kappa shape index (κ3) is 3.95. The van der Waals surface area contributed by atoms with Crippen molar-refractivity contribution >= 4 is 6.09 Å². The minimum Gasteiger partial charge on any atom is -0.445 e. The standard InChI is InChI=1S/C20H23NO3/c1-23-19-12-13-21(18(19)14-16-8-4-2-5-9-16)20(22)24-15-17-10-6-3-7-11-17/h2-11,18-19H,12-15H2,1H3/t18-,19+/m0/s1. The molecule has 1 aliphatic heterocycles. The topological polar surface area (TPSA) is 38.8 Å². The molecule has 0 bridgehead atoms. The van der Waals surface area contributed by atoms with E-state index < -0.39 is 0 Å². The largest absolute Gasteiger partial charge is 0.445 e. The molecular formula is C20H23NO3.